The molecule has 0 radical (unpaired) electrons. The summed E-state index contributed by atoms with van der Waals surface area (Å²) in [5.41, 5.74) is 7.14. The number of hydrogen-bond acceptors (Lipinski definition) is 6. The number of rotatable bonds is 8. The molecule has 0 saturated carbocycles. The van der Waals surface area contributed by atoms with Crippen molar-refractivity contribution < 1.29 is 33.0 Å². The van der Waals surface area contributed by atoms with E-state index in [2.05, 4.69) is 19.1 Å². The normalized spacial score (nSPS) is 17.1. The maximum atomic E-state index is 15.0. The number of carbonyl (C=O) groups excluding carboxylic acids is 2. The molecule has 3 aliphatic heterocycles. The molecule has 2 amide bonds. The number of ether oxygens (including phenoxy) is 2. The van der Waals surface area contributed by atoms with Crippen LogP contribution in [0.15, 0.2) is 115 Å². The van der Waals surface area contributed by atoms with Gasteiger partial charge in [-0.15, -0.1) is 12.4 Å². The lowest BCUT2D eigenvalue weighted by atomic mass is 9.93. The zero-order valence-electron chi connectivity index (χ0n) is 31.9. The van der Waals surface area contributed by atoms with Gasteiger partial charge in [-0.05, 0) is 116 Å². The van der Waals surface area contributed by atoms with Crippen LogP contribution in [0.2, 0.25) is 0 Å². The summed E-state index contributed by atoms with van der Waals surface area (Å²) in [5, 5.41) is 10.2. The highest BCUT2D eigenvalue weighted by Crippen LogP contribution is 2.42. The van der Waals surface area contributed by atoms with Crippen molar-refractivity contribution in [1.29, 1.82) is 0 Å². The Bertz CT molecular complexity index is 2490. The first-order valence-electron chi connectivity index (χ1n) is 19.4. The molecule has 1 atom stereocenters. The number of aromatic nitrogens is 1. The van der Waals surface area contributed by atoms with E-state index in [0.717, 1.165) is 17.5 Å². The smallest absolute Gasteiger partial charge is 0.265 e. The summed E-state index contributed by atoms with van der Waals surface area (Å²) in [7, 11) is 0. The summed E-state index contributed by atoms with van der Waals surface area (Å²) in [6, 6.07) is 33.1. The molecule has 9 nitrogen and oxygen atoms in total. The predicted molar refractivity (Wildman–Crippen MR) is 221 cm³/mol. The lowest BCUT2D eigenvalue weighted by Gasteiger charge is -2.35. The summed E-state index contributed by atoms with van der Waals surface area (Å²) < 4.78 is 41.6. The van der Waals surface area contributed by atoms with Crippen molar-refractivity contribution in [3.05, 3.63) is 143 Å². The Morgan fingerprint density at radius 2 is 1.55 bits per heavy atom. The molecule has 2 aromatic heterocycles. The quantitative estimate of drug-likeness (QED) is 0.165. The monoisotopic (exact) mass is 804 g/mol. The average molecular weight is 805 g/mol. The minimum Gasteiger partial charge on any atom is -0.508 e. The SMILES string of the molecule is C[C@@H]1Cc2ccccc2CN1C(=O)c1cc2c(cc1-c1cc(C(=O)N(c3ccc(O)cc3)c3ccc(CCN4CCCC(F)(F)C4)cc3)c3ccccn13)OCO2.Cl. The molecule has 3 aliphatic rings. The second-order valence-corrected chi connectivity index (χ2v) is 15.2. The van der Waals surface area contributed by atoms with Gasteiger partial charge in [0.2, 0.25) is 6.79 Å². The van der Waals surface area contributed by atoms with Gasteiger partial charge in [-0.2, -0.15) is 0 Å². The van der Waals surface area contributed by atoms with Crippen molar-refractivity contribution in [2.45, 2.75) is 51.1 Å². The van der Waals surface area contributed by atoms with Gasteiger partial charge in [-0.1, -0.05) is 42.5 Å². The lowest BCUT2D eigenvalue weighted by molar-refractivity contribution is -0.0635. The molecule has 0 spiro atoms. The van der Waals surface area contributed by atoms with Gasteiger partial charge in [0.25, 0.3) is 17.7 Å². The highest BCUT2D eigenvalue weighted by atomic mass is 35.5. The first-order valence-corrected chi connectivity index (χ1v) is 19.4. The molecular formula is C46H43ClF2N4O5. The van der Waals surface area contributed by atoms with E-state index in [0.29, 0.717) is 83.3 Å². The molecule has 4 aromatic carbocycles. The number of phenolic OH excluding ortho intramolecular Hbond substituents is 1. The molecule has 0 bridgehead atoms. The number of carbonyl (C=O) groups is 2. The molecule has 1 fully saturated rings. The molecule has 5 heterocycles. The summed E-state index contributed by atoms with van der Waals surface area (Å²) in [6.45, 7) is 3.51. The number of fused-ring (bicyclic) bond motifs is 3. The van der Waals surface area contributed by atoms with Crippen LogP contribution in [-0.2, 0) is 19.4 Å². The predicted octanol–water partition coefficient (Wildman–Crippen LogP) is 9.30. The number of phenols is 1. The van der Waals surface area contributed by atoms with E-state index in [1.165, 1.54) is 17.7 Å². The second-order valence-electron chi connectivity index (χ2n) is 15.2. The summed E-state index contributed by atoms with van der Waals surface area (Å²) >= 11 is 0. The Labute approximate surface area is 341 Å². The molecule has 1 N–H and O–H groups in total. The molecule has 12 heteroatoms. The fourth-order valence-corrected chi connectivity index (χ4v) is 8.41. The van der Waals surface area contributed by atoms with Crippen LogP contribution in [0, 0.1) is 0 Å². The Morgan fingerprint density at radius 3 is 2.29 bits per heavy atom. The zero-order chi connectivity index (χ0) is 39.3. The Morgan fingerprint density at radius 1 is 0.862 bits per heavy atom. The van der Waals surface area contributed by atoms with Crippen LogP contribution >= 0.6 is 12.4 Å². The van der Waals surface area contributed by atoms with Crippen LogP contribution in [0.25, 0.3) is 16.8 Å². The van der Waals surface area contributed by atoms with Crippen LogP contribution in [-0.4, -0.2) is 69.5 Å². The van der Waals surface area contributed by atoms with Gasteiger partial charge in [-0.3, -0.25) is 19.4 Å². The molecule has 6 aromatic rings. The number of amides is 2. The summed E-state index contributed by atoms with van der Waals surface area (Å²) in [4.78, 5) is 35.0. The van der Waals surface area contributed by atoms with E-state index in [1.807, 2.05) is 87.1 Å². The number of nitrogens with zero attached hydrogens (tertiary/aromatic N) is 4. The Kier molecular flexibility index (Phi) is 10.6. The number of alkyl halides is 2. The largest absolute Gasteiger partial charge is 0.508 e. The van der Waals surface area contributed by atoms with Crippen molar-refractivity contribution in [1.82, 2.24) is 14.2 Å². The number of benzene rings is 4. The third-order valence-corrected chi connectivity index (χ3v) is 11.4. The Balaban J connectivity index is 0.00000469. The van der Waals surface area contributed by atoms with Crippen molar-refractivity contribution in [3.63, 3.8) is 0 Å². The van der Waals surface area contributed by atoms with Crippen LogP contribution in [0.5, 0.6) is 17.2 Å². The van der Waals surface area contributed by atoms with Crippen LogP contribution in [0.4, 0.5) is 20.2 Å². The first kappa shape index (κ1) is 38.9. The zero-order valence-corrected chi connectivity index (χ0v) is 32.8. The summed E-state index contributed by atoms with van der Waals surface area (Å²) in [6.07, 6.45) is 3.61. The van der Waals surface area contributed by atoms with Gasteiger partial charge in [0.05, 0.1) is 28.9 Å². The van der Waals surface area contributed by atoms with E-state index in [9.17, 15) is 18.7 Å². The minimum atomic E-state index is -2.66. The molecule has 1 saturated heterocycles. The molecule has 0 aliphatic carbocycles. The molecule has 58 heavy (non-hydrogen) atoms. The highest BCUT2D eigenvalue weighted by Gasteiger charge is 2.35. The van der Waals surface area contributed by atoms with Gasteiger partial charge in [0.1, 0.15) is 5.75 Å². The van der Waals surface area contributed by atoms with Crippen LogP contribution in [0.3, 0.4) is 0 Å². The second kappa shape index (κ2) is 15.8. The maximum Gasteiger partial charge on any atom is 0.265 e. The van der Waals surface area contributed by atoms with Gasteiger partial charge in [0, 0.05) is 48.7 Å². The first-order chi connectivity index (χ1) is 27.6. The topological polar surface area (TPSA) is 87.0 Å². The number of piperidine rings is 1. The van der Waals surface area contributed by atoms with Gasteiger partial charge in [0.15, 0.2) is 11.5 Å². The lowest BCUT2D eigenvalue weighted by Crippen LogP contribution is -2.43. The number of halogens is 3. The average Bonchev–Trinajstić information content (AvgIpc) is 3.85. The van der Waals surface area contributed by atoms with Crippen molar-refractivity contribution in [3.8, 4) is 28.5 Å². The number of hydrogen-bond donors (Lipinski definition) is 1. The van der Waals surface area contributed by atoms with E-state index < -0.39 is 5.92 Å². The third kappa shape index (κ3) is 7.47. The molecule has 9 rings (SSSR count). The number of pyridine rings is 1. The van der Waals surface area contributed by atoms with E-state index in [-0.39, 0.29) is 55.8 Å². The minimum absolute atomic E-state index is 0. The van der Waals surface area contributed by atoms with Crippen LogP contribution < -0.4 is 14.4 Å². The van der Waals surface area contributed by atoms with Crippen LogP contribution in [0.1, 0.15) is 57.2 Å². The standard InChI is InChI=1S/C46H42F2N4O5.ClH/c1-30-23-32-7-2-3-8-33(32)27-51(30)44(54)38-26-43-42(56-29-57-43)25-37(38)41-24-39(40-9-4-5-21-50(40)41)45(55)52(35-14-16-36(53)17-15-35)34-12-10-31(11-13-34)18-22-49-20-6-19-46(47,48)28-49;/h2-5,7-17,21,24-26,30,53H,6,18-20,22-23,27-29H2,1H3;1H/t30-;/m1./s1. The molecule has 298 valence electrons. The van der Waals surface area contributed by atoms with Gasteiger partial charge >= 0.3 is 0 Å². The molecule has 0 unspecified atom stereocenters. The number of anilines is 2. The third-order valence-electron chi connectivity index (χ3n) is 11.4. The number of likely N-dealkylation sites (tertiary alicyclic amines) is 1. The number of aromatic hydroxyl groups is 1. The van der Waals surface area contributed by atoms with Gasteiger partial charge < -0.3 is 23.9 Å². The van der Waals surface area contributed by atoms with E-state index in [1.54, 1.807) is 23.1 Å². The van der Waals surface area contributed by atoms with Crippen molar-refractivity contribution in [2.24, 2.45) is 0 Å². The van der Waals surface area contributed by atoms with Crippen molar-refractivity contribution in [2.75, 3.05) is 31.3 Å². The van der Waals surface area contributed by atoms with E-state index in [4.69, 9.17) is 9.47 Å². The van der Waals surface area contributed by atoms with Crippen molar-refractivity contribution >= 4 is 41.1 Å². The van der Waals surface area contributed by atoms with E-state index >= 15 is 4.79 Å². The maximum absolute atomic E-state index is 15.0. The fourth-order valence-electron chi connectivity index (χ4n) is 8.41. The highest BCUT2D eigenvalue weighted by molar-refractivity contribution is 6.16. The summed E-state index contributed by atoms with van der Waals surface area (Å²) in [5.74, 6) is -2.07. The Hall–Kier alpha value is -5.91. The van der Waals surface area contributed by atoms with Gasteiger partial charge in [-0.25, -0.2) is 8.78 Å². The molecular weight excluding hydrogens is 762 g/mol. The fraction of sp³-hybridized carbons (Fsp3) is 0.261.